The number of hydrogen-bond acceptors (Lipinski definition) is 3. The second-order valence-electron chi connectivity index (χ2n) is 8.01. The highest BCUT2D eigenvalue weighted by molar-refractivity contribution is 6.00. The minimum absolute atomic E-state index is 0.0512. The highest BCUT2D eigenvalue weighted by Gasteiger charge is 2.37. The maximum atomic E-state index is 13.0. The van der Waals surface area contributed by atoms with Gasteiger partial charge in [0.05, 0.1) is 5.92 Å². The maximum absolute atomic E-state index is 13.0. The predicted molar refractivity (Wildman–Crippen MR) is 115 cm³/mol. The van der Waals surface area contributed by atoms with E-state index in [0.29, 0.717) is 13.0 Å². The van der Waals surface area contributed by atoms with Crippen molar-refractivity contribution in [2.75, 3.05) is 37.6 Å². The molecule has 2 aliphatic heterocycles. The molecule has 0 bridgehead atoms. The number of carbonyl (C=O) groups excluding carboxylic acids is 2. The summed E-state index contributed by atoms with van der Waals surface area (Å²) in [6, 6.07) is 18.5. The molecule has 0 N–H and O–H groups in total. The SMILES string of the molecule is CCc1ccc(N2CC(C(=O)N3CCN(Cc4ccccc4)CC3)CC2=O)cc1. The minimum Gasteiger partial charge on any atom is -0.340 e. The van der Waals surface area contributed by atoms with E-state index in [2.05, 4.69) is 48.2 Å². The van der Waals surface area contributed by atoms with Crippen LogP contribution in [0.1, 0.15) is 24.5 Å². The summed E-state index contributed by atoms with van der Waals surface area (Å²) < 4.78 is 0. The summed E-state index contributed by atoms with van der Waals surface area (Å²) in [5.41, 5.74) is 3.45. The number of aryl methyl sites for hydroxylation is 1. The third kappa shape index (κ3) is 4.51. The zero-order chi connectivity index (χ0) is 20.2. The van der Waals surface area contributed by atoms with Crippen molar-refractivity contribution in [3.05, 3.63) is 65.7 Å². The Labute approximate surface area is 172 Å². The lowest BCUT2D eigenvalue weighted by molar-refractivity contribution is -0.137. The van der Waals surface area contributed by atoms with Gasteiger partial charge in [-0.3, -0.25) is 14.5 Å². The first-order valence-corrected chi connectivity index (χ1v) is 10.6. The molecule has 0 aromatic heterocycles. The Balaban J connectivity index is 1.31. The Hall–Kier alpha value is -2.66. The van der Waals surface area contributed by atoms with E-state index in [9.17, 15) is 9.59 Å². The van der Waals surface area contributed by atoms with Crippen molar-refractivity contribution in [2.24, 2.45) is 5.92 Å². The highest BCUT2D eigenvalue weighted by atomic mass is 16.2. The number of rotatable bonds is 5. The molecule has 4 rings (SSSR count). The summed E-state index contributed by atoms with van der Waals surface area (Å²) in [4.78, 5) is 31.7. The van der Waals surface area contributed by atoms with Gasteiger partial charge in [-0.15, -0.1) is 0 Å². The van der Waals surface area contributed by atoms with Crippen LogP contribution >= 0.6 is 0 Å². The van der Waals surface area contributed by atoms with Gasteiger partial charge in [-0.2, -0.15) is 0 Å². The third-order valence-electron chi connectivity index (χ3n) is 6.06. The van der Waals surface area contributed by atoms with Gasteiger partial charge in [0, 0.05) is 51.4 Å². The monoisotopic (exact) mass is 391 g/mol. The Bertz CT molecular complexity index is 842. The number of nitrogens with zero attached hydrogens (tertiary/aromatic N) is 3. The lowest BCUT2D eigenvalue weighted by Crippen LogP contribution is -2.50. The van der Waals surface area contributed by atoms with Crippen LogP contribution in [-0.2, 0) is 22.6 Å². The number of benzene rings is 2. The zero-order valence-corrected chi connectivity index (χ0v) is 17.1. The molecule has 2 saturated heterocycles. The molecule has 1 atom stereocenters. The number of anilines is 1. The number of piperazine rings is 1. The summed E-state index contributed by atoms with van der Waals surface area (Å²) in [7, 11) is 0. The van der Waals surface area contributed by atoms with Crippen LogP contribution in [0.3, 0.4) is 0 Å². The van der Waals surface area contributed by atoms with Gasteiger partial charge in [0.2, 0.25) is 11.8 Å². The molecule has 0 spiro atoms. The van der Waals surface area contributed by atoms with Crippen molar-refractivity contribution in [1.82, 2.24) is 9.80 Å². The van der Waals surface area contributed by atoms with Crippen LogP contribution in [0.5, 0.6) is 0 Å². The molecule has 1 unspecified atom stereocenters. The molecule has 2 heterocycles. The molecule has 2 fully saturated rings. The van der Waals surface area contributed by atoms with E-state index in [1.807, 2.05) is 23.1 Å². The largest absolute Gasteiger partial charge is 0.340 e. The molecular formula is C24H29N3O2. The topological polar surface area (TPSA) is 43.9 Å². The molecule has 2 aliphatic rings. The molecule has 0 aliphatic carbocycles. The lowest BCUT2D eigenvalue weighted by Gasteiger charge is -2.36. The number of amides is 2. The molecule has 2 aromatic rings. The maximum Gasteiger partial charge on any atom is 0.228 e. The third-order valence-corrected chi connectivity index (χ3v) is 6.06. The van der Waals surface area contributed by atoms with E-state index in [4.69, 9.17) is 0 Å². The van der Waals surface area contributed by atoms with Gasteiger partial charge in [-0.05, 0) is 29.7 Å². The fourth-order valence-corrected chi connectivity index (χ4v) is 4.26. The highest BCUT2D eigenvalue weighted by Crippen LogP contribution is 2.27. The molecule has 5 nitrogen and oxygen atoms in total. The van der Waals surface area contributed by atoms with E-state index < -0.39 is 0 Å². The van der Waals surface area contributed by atoms with Crippen molar-refractivity contribution >= 4 is 17.5 Å². The predicted octanol–water partition coefficient (Wildman–Crippen LogP) is 2.95. The van der Waals surface area contributed by atoms with Crippen molar-refractivity contribution in [3.63, 3.8) is 0 Å². The van der Waals surface area contributed by atoms with Crippen molar-refractivity contribution in [1.29, 1.82) is 0 Å². The summed E-state index contributed by atoms with van der Waals surface area (Å²) >= 11 is 0. The smallest absolute Gasteiger partial charge is 0.228 e. The minimum atomic E-state index is -0.228. The van der Waals surface area contributed by atoms with Crippen LogP contribution in [0.25, 0.3) is 0 Å². The van der Waals surface area contributed by atoms with Crippen molar-refractivity contribution < 1.29 is 9.59 Å². The molecular weight excluding hydrogens is 362 g/mol. The van der Waals surface area contributed by atoms with Crippen LogP contribution in [0, 0.1) is 5.92 Å². The van der Waals surface area contributed by atoms with Gasteiger partial charge in [0.25, 0.3) is 0 Å². The average molecular weight is 392 g/mol. The summed E-state index contributed by atoms with van der Waals surface area (Å²) in [6.45, 7) is 6.76. The Morgan fingerprint density at radius 1 is 0.931 bits per heavy atom. The second-order valence-corrected chi connectivity index (χ2v) is 8.01. The molecule has 2 amide bonds. The first-order valence-electron chi connectivity index (χ1n) is 10.6. The van der Waals surface area contributed by atoms with Gasteiger partial charge in [0.1, 0.15) is 0 Å². The first-order chi connectivity index (χ1) is 14.1. The average Bonchev–Trinajstić information content (AvgIpc) is 3.16. The second kappa shape index (κ2) is 8.78. The van der Waals surface area contributed by atoms with Crippen molar-refractivity contribution in [2.45, 2.75) is 26.3 Å². The van der Waals surface area contributed by atoms with E-state index >= 15 is 0 Å². The Kier molecular flexibility index (Phi) is 5.95. The normalized spacial score (nSPS) is 20.3. The molecule has 0 saturated carbocycles. The molecule has 5 heteroatoms. The molecule has 2 aromatic carbocycles. The van der Waals surface area contributed by atoms with Crippen LogP contribution in [0.4, 0.5) is 5.69 Å². The zero-order valence-electron chi connectivity index (χ0n) is 17.1. The van der Waals surface area contributed by atoms with Crippen molar-refractivity contribution in [3.8, 4) is 0 Å². The fourth-order valence-electron chi connectivity index (χ4n) is 4.26. The Morgan fingerprint density at radius 3 is 2.28 bits per heavy atom. The standard InChI is InChI=1S/C24H29N3O2/c1-2-19-8-10-22(11-9-19)27-18-21(16-23(27)28)24(29)26-14-12-25(13-15-26)17-20-6-4-3-5-7-20/h3-11,21H,2,12-18H2,1H3. The van der Waals surface area contributed by atoms with Gasteiger partial charge in [-0.1, -0.05) is 49.4 Å². The fraction of sp³-hybridized carbons (Fsp3) is 0.417. The van der Waals surface area contributed by atoms with Crippen LogP contribution in [-0.4, -0.2) is 54.3 Å². The van der Waals surface area contributed by atoms with E-state index in [0.717, 1.165) is 44.8 Å². The van der Waals surface area contributed by atoms with Crippen LogP contribution < -0.4 is 4.90 Å². The number of hydrogen-bond donors (Lipinski definition) is 0. The van der Waals surface area contributed by atoms with E-state index in [-0.39, 0.29) is 17.7 Å². The van der Waals surface area contributed by atoms with Crippen LogP contribution in [0.15, 0.2) is 54.6 Å². The van der Waals surface area contributed by atoms with Gasteiger partial charge < -0.3 is 9.80 Å². The molecule has 29 heavy (non-hydrogen) atoms. The summed E-state index contributed by atoms with van der Waals surface area (Å²) in [5, 5.41) is 0. The lowest BCUT2D eigenvalue weighted by atomic mass is 10.1. The van der Waals surface area contributed by atoms with Gasteiger partial charge in [0.15, 0.2) is 0 Å². The first kappa shape index (κ1) is 19.6. The molecule has 0 radical (unpaired) electrons. The van der Waals surface area contributed by atoms with E-state index in [1.165, 1.54) is 11.1 Å². The van der Waals surface area contributed by atoms with E-state index in [1.54, 1.807) is 4.90 Å². The van der Waals surface area contributed by atoms with Crippen LogP contribution in [0.2, 0.25) is 0 Å². The summed E-state index contributed by atoms with van der Waals surface area (Å²) in [5.74, 6) is -0.0465. The summed E-state index contributed by atoms with van der Waals surface area (Å²) in [6.07, 6.45) is 1.30. The molecule has 152 valence electrons. The quantitative estimate of drug-likeness (QED) is 0.787. The number of carbonyl (C=O) groups is 2. The Morgan fingerprint density at radius 2 is 1.62 bits per heavy atom. The van der Waals surface area contributed by atoms with Gasteiger partial charge in [-0.25, -0.2) is 0 Å². The van der Waals surface area contributed by atoms with Gasteiger partial charge >= 0.3 is 0 Å².